The number of ether oxygens (including phenoxy) is 1. The van der Waals surface area contributed by atoms with Gasteiger partial charge in [0.05, 0.1) is 24.9 Å². The molecule has 7 heteroatoms. The van der Waals surface area contributed by atoms with Crippen LogP contribution in [-0.4, -0.2) is 55.4 Å². The normalized spacial score (nSPS) is 22.2. The maximum absolute atomic E-state index is 11.7. The molecule has 0 radical (unpaired) electrons. The van der Waals surface area contributed by atoms with E-state index in [4.69, 9.17) is 0 Å². The third-order valence-electron chi connectivity index (χ3n) is 2.39. The first-order valence-corrected chi connectivity index (χ1v) is 6.88. The second kappa shape index (κ2) is 5.60. The molecule has 6 nitrogen and oxygen atoms in total. The van der Waals surface area contributed by atoms with Crippen LogP contribution in [0.15, 0.2) is 0 Å². The summed E-state index contributed by atoms with van der Waals surface area (Å²) in [5.41, 5.74) is 0. The molecule has 94 valence electrons. The number of esters is 1. The number of hydrogen-bond acceptors (Lipinski definition) is 5. The van der Waals surface area contributed by atoms with Gasteiger partial charge in [0.1, 0.15) is 0 Å². The summed E-state index contributed by atoms with van der Waals surface area (Å²) in [5.74, 6) is -0.760. The molecule has 0 aromatic rings. The lowest BCUT2D eigenvalue weighted by Gasteiger charge is -2.14. The molecule has 1 saturated heterocycles. The van der Waals surface area contributed by atoms with E-state index in [0.29, 0.717) is 13.0 Å². The fourth-order valence-electron chi connectivity index (χ4n) is 1.54. The Kier molecular flexibility index (Phi) is 4.69. The number of carbonyl (C=O) groups is 1. The minimum Gasteiger partial charge on any atom is -0.466 e. The highest BCUT2D eigenvalue weighted by molar-refractivity contribution is 7.89. The van der Waals surface area contributed by atoms with E-state index < -0.39 is 22.1 Å². The minimum atomic E-state index is -3.43. The lowest BCUT2D eigenvalue weighted by Crippen LogP contribution is -2.32. The van der Waals surface area contributed by atoms with Gasteiger partial charge < -0.3 is 9.84 Å². The van der Waals surface area contributed by atoms with E-state index in [1.807, 2.05) is 0 Å². The molecular weight excluding hydrogens is 234 g/mol. The molecule has 1 atom stereocenters. The van der Waals surface area contributed by atoms with Crippen LogP contribution >= 0.6 is 0 Å². The zero-order chi connectivity index (χ0) is 12.2. The number of aliphatic hydroxyl groups is 1. The molecule has 1 aliphatic rings. The van der Waals surface area contributed by atoms with Crippen LogP contribution in [0.5, 0.6) is 0 Å². The Morgan fingerprint density at radius 1 is 1.56 bits per heavy atom. The van der Waals surface area contributed by atoms with Crippen LogP contribution in [0.4, 0.5) is 0 Å². The van der Waals surface area contributed by atoms with Crippen molar-refractivity contribution < 1.29 is 23.1 Å². The molecule has 1 unspecified atom stereocenters. The number of carbonyl (C=O) groups excluding carboxylic acids is 1. The van der Waals surface area contributed by atoms with Gasteiger partial charge >= 0.3 is 5.97 Å². The molecule has 0 amide bonds. The van der Waals surface area contributed by atoms with Crippen molar-refractivity contribution in [3.63, 3.8) is 0 Å². The van der Waals surface area contributed by atoms with Crippen LogP contribution in [0.25, 0.3) is 0 Å². The summed E-state index contributed by atoms with van der Waals surface area (Å²) < 4.78 is 29.3. The molecule has 1 aliphatic heterocycles. The van der Waals surface area contributed by atoms with E-state index in [2.05, 4.69) is 4.74 Å². The van der Waals surface area contributed by atoms with Gasteiger partial charge in [0.25, 0.3) is 0 Å². The van der Waals surface area contributed by atoms with E-state index in [1.165, 1.54) is 4.31 Å². The molecule has 1 heterocycles. The van der Waals surface area contributed by atoms with Gasteiger partial charge in [-0.3, -0.25) is 4.79 Å². The minimum absolute atomic E-state index is 0.130. The van der Waals surface area contributed by atoms with E-state index in [0.717, 1.165) is 0 Å². The second-order valence-corrected chi connectivity index (χ2v) is 5.76. The quantitative estimate of drug-likeness (QED) is 0.655. The van der Waals surface area contributed by atoms with E-state index >= 15 is 0 Å². The Bertz CT molecular complexity index is 340. The summed E-state index contributed by atoms with van der Waals surface area (Å²) in [4.78, 5) is 11.0. The van der Waals surface area contributed by atoms with Gasteiger partial charge in [-0.15, -0.1) is 0 Å². The number of nitrogens with zero attached hydrogens (tertiary/aromatic N) is 1. The zero-order valence-electron chi connectivity index (χ0n) is 9.26. The SMILES string of the molecule is CCOC(=O)CCS(=O)(=O)N1CCC(O)C1. The van der Waals surface area contributed by atoms with Gasteiger partial charge in [0.15, 0.2) is 0 Å². The van der Waals surface area contributed by atoms with Crippen molar-refractivity contribution in [2.45, 2.75) is 25.9 Å². The maximum atomic E-state index is 11.7. The largest absolute Gasteiger partial charge is 0.466 e. The second-order valence-electron chi connectivity index (χ2n) is 3.67. The third kappa shape index (κ3) is 3.73. The predicted molar refractivity (Wildman–Crippen MR) is 57.2 cm³/mol. The first kappa shape index (κ1) is 13.4. The molecule has 1 fully saturated rings. The molecule has 0 aromatic heterocycles. The molecule has 16 heavy (non-hydrogen) atoms. The molecule has 1 rings (SSSR count). The Morgan fingerprint density at radius 2 is 2.25 bits per heavy atom. The van der Waals surface area contributed by atoms with Gasteiger partial charge in [-0.05, 0) is 13.3 Å². The standard InChI is InChI=1S/C9H17NO5S/c1-2-15-9(12)4-6-16(13,14)10-5-3-8(11)7-10/h8,11H,2-7H2,1H3. The summed E-state index contributed by atoms with van der Waals surface area (Å²) in [6, 6.07) is 0. The summed E-state index contributed by atoms with van der Waals surface area (Å²) in [7, 11) is -3.43. The van der Waals surface area contributed by atoms with Crippen molar-refractivity contribution >= 4 is 16.0 Å². The van der Waals surface area contributed by atoms with Gasteiger partial charge in [-0.25, -0.2) is 8.42 Å². The first-order chi connectivity index (χ1) is 7.45. The van der Waals surface area contributed by atoms with Crippen LogP contribution in [0.1, 0.15) is 19.8 Å². The molecular formula is C9H17NO5S. The van der Waals surface area contributed by atoms with Crippen molar-refractivity contribution in [3.05, 3.63) is 0 Å². The van der Waals surface area contributed by atoms with Crippen LogP contribution in [0.3, 0.4) is 0 Å². The van der Waals surface area contributed by atoms with Crippen LogP contribution < -0.4 is 0 Å². The van der Waals surface area contributed by atoms with Crippen molar-refractivity contribution in [2.24, 2.45) is 0 Å². The number of β-amino-alcohol motifs (C(OH)–C–C–N with tert-alkyl or cyclic N) is 1. The van der Waals surface area contributed by atoms with Gasteiger partial charge in [0, 0.05) is 13.1 Å². The van der Waals surface area contributed by atoms with Crippen LogP contribution in [0.2, 0.25) is 0 Å². The van der Waals surface area contributed by atoms with Crippen molar-refractivity contribution in [2.75, 3.05) is 25.4 Å². The Labute approximate surface area is 95.2 Å². The molecule has 0 aromatic carbocycles. The number of hydrogen-bond donors (Lipinski definition) is 1. The Balaban J connectivity index is 2.43. The van der Waals surface area contributed by atoms with Crippen LogP contribution in [-0.2, 0) is 19.6 Å². The fourth-order valence-corrected chi connectivity index (χ4v) is 3.00. The zero-order valence-corrected chi connectivity index (χ0v) is 10.1. The van der Waals surface area contributed by atoms with E-state index in [9.17, 15) is 18.3 Å². The highest BCUT2D eigenvalue weighted by Crippen LogP contribution is 2.14. The molecule has 0 bridgehead atoms. The molecule has 0 spiro atoms. The van der Waals surface area contributed by atoms with Crippen LogP contribution in [0, 0.1) is 0 Å². The summed E-state index contributed by atoms with van der Waals surface area (Å²) >= 11 is 0. The lowest BCUT2D eigenvalue weighted by atomic mass is 10.3. The predicted octanol–water partition coefficient (Wildman–Crippen LogP) is -0.664. The highest BCUT2D eigenvalue weighted by Gasteiger charge is 2.30. The number of aliphatic hydroxyl groups excluding tert-OH is 1. The average molecular weight is 251 g/mol. The van der Waals surface area contributed by atoms with Gasteiger partial charge in [-0.1, -0.05) is 0 Å². The first-order valence-electron chi connectivity index (χ1n) is 5.27. The molecule has 1 N–H and O–H groups in total. The highest BCUT2D eigenvalue weighted by atomic mass is 32.2. The number of sulfonamides is 1. The average Bonchev–Trinajstić information content (AvgIpc) is 2.63. The third-order valence-corrected chi connectivity index (χ3v) is 4.23. The van der Waals surface area contributed by atoms with Gasteiger partial charge in [-0.2, -0.15) is 4.31 Å². The number of rotatable bonds is 5. The topological polar surface area (TPSA) is 83.9 Å². The molecule has 0 aliphatic carbocycles. The van der Waals surface area contributed by atoms with E-state index in [-0.39, 0.29) is 25.3 Å². The Morgan fingerprint density at radius 3 is 2.75 bits per heavy atom. The monoisotopic (exact) mass is 251 g/mol. The molecule has 0 saturated carbocycles. The van der Waals surface area contributed by atoms with Gasteiger partial charge in [0.2, 0.25) is 10.0 Å². The van der Waals surface area contributed by atoms with Crippen molar-refractivity contribution in [1.82, 2.24) is 4.31 Å². The summed E-state index contributed by atoms with van der Waals surface area (Å²) in [6.45, 7) is 2.38. The fraction of sp³-hybridized carbons (Fsp3) is 0.889. The van der Waals surface area contributed by atoms with E-state index in [1.54, 1.807) is 6.92 Å². The maximum Gasteiger partial charge on any atom is 0.306 e. The summed E-state index contributed by atoms with van der Waals surface area (Å²) in [5, 5.41) is 9.23. The van der Waals surface area contributed by atoms with Crippen molar-refractivity contribution in [1.29, 1.82) is 0 Å². The smallest absolute Gasteiger partial charge is 0.306 e. The summed E-state index contributed by atoms with van der Waals surface area (Å²) in [6.07, 6.45) is -0.265. The lowest BCUT2D eigenvalue weighted by molar-refractivity contribution is -0.142. The Hall–Kier alpha value is -0.660. The van der Waals surface area contributed by atoms with Crippen molar-refractivity contribution in [3.8, 4) is 0 Å².